The van der Waals surface area contributed by atoms with Crippen LogP contribution in [-0.2, 0) is 9.53 Å². The highest BCUT2D eigenvalue weighted by Gasteiger charge is 2.31. The van der Waals surface area contributed by atoms with Crippen LogP contribution in [0.25, 0.3) is 5.57 Å². The van der Waals surface area contributed by atoms with Crippen molar-refractivity contribution < 1.29 is 14.6 Å². The number of hydrogen-bond acceptors (Lipinski definition) is 4. The van der Waals surface area contributed by atoms with Crippen molar-refractivity contribution in [3.63, 3.8) is 0 Å². The van der Waals surface area contributed by atoms with E-state index in [4.69, 9.17) is 4.74 Å². The molecule has 1 aromatic carbocycles. The second-order valence-corrected chi connectivity index (χ2v) is 4.74. The van der Waals surface area contributed by atoms with Crippen molar-refractivity contribution in [2.75, 3.05) is 7.11 Å². The lowest BCUT2D eigenvalue weighted by Gasteiger charge is -2.35. The van der Waals surface area contributed by atoms with Gasteiger partial charge in [-0.1, -0.05) is 36.4 Å². The highest BCUT2D eigenvalue weighted by Crippen LogP contribution is 2.34. The Labute approximate surface area is 123 Å². The van der Waals surface area contributed by atoms with Gasteiger partial charge in [0.1, 0.15) is 0 Å². The summed E-state index contributed by atoms with van der Waals surface area (Å²) in [6.45, 7) is 0. The summed E-state index contributed by atoms with van der Waals surface area (Å²) >= 11 is 0. The maximum Gasteiger partial charge on any atom is 0.338 e. The van der Waals surface area contributed by atoms with Crippen molar-refractivity contribution in [1.82, 2.24) is 4.90 Å². The van der Waals surface area contributed by atoms with Crippen molar-refractivity contribution in [3.05, 3.63) is 77.7 Å². The molecule has 0 aliphatic carbocycles. The molecule has 2 aliphatic heterocycles. The van der Waals surface area contributed by atoms with Crippen LogP contribution in [0.5, 0.6) is 0 Å². The van der Waals surface area contributed by atoms with Gasteiger partial charge < -0.3 is 14.7 Å². The number of aliphatic hydroxyl groups is 1. The Hall–Kier alpha value is -2.59. The number of aliphatic hydroxyl groups excluding tert-OH is 1. The van der Waals surface area contributed by atoms with Gasteiger partial charge in [0.25, 0.3) is 0 Å². The molecule has 0 amide bonds. The normalized spacial score (nSPS) is 20.2. The predicted octanol–water partition coefficient (Wildman–Crippen LogP) is 2.21. The lowest BCUT2D eigenvalue weighted by Crippen LogP contribution is -2.35. The number of rotatable bonds is 2. The van der Waals surface area contributed by atoms with Crippen LogP contribution in [0.2, 0.25) is 0 Å². The number of nitrogens with zero attached hydrogens (tertiary/aromatic N) is 1. The standard InChI is InChI=1S/C17H15NO3/c1-21-17(20)14-11-13-9-5-6-10-18(13)16(19)15(14)12-7-3-2-4-8-12/h2-11,16,19H,1H3. The lowest BCUT2D eigenvalue weighted by atomic mass is 9.93. The monoisotopic (exact) mass is 281 g/mol. The van der Waals surface area contributed by atoms with Crippen LogP contribution in [0.1, 0.15) is 5.56 Å². The molecule has 1 aromatic rings. The highest BCUT2D eigenvalue weighted by molar-refractivity contribution is 6.02. The molecule has 1 unspecified atom stereocenters. The summed E-state index contributed by atoms with van der Waals surface area (Å²) in [5.74, 6) is -0.456. The minimum absolute atomic E-state index is 0.377. The van der Waals surface area contributed by atoms with E-state index in [0.29, 0.717) is 11.1 Å². The minimum atomic E-state index is -0.928. The van der Waals surface area contributed by atoms with Gasteiger partial charge in [-0.15, -0.1) is 0 Å². The van der Waals surface area contributed by atoms with E-state index in [1.165, 1.54) is 7.11 Å². The molecular weight excluding hydrogens is 266 g/mol. The fourth-order valence-electron chi connectivity index (χ4n) is 2.52. The minimum Gasteiger partial charge on any atom is -0.465 e. The first kappa shape index (κ1) is 13.4. The topological polar surface area (TPSA) is 49.8 Å². The van der Waals surface area contributed by atoms with Gasteiger partial charge in [0.2, 0.25) is 0 Å². The average molecular weight is 281 g/mol. The number of esters is 1. The third-order valence-corrected chi connectivity index (χ3v) is 3.52. The predicted molar refractivity (Wildman–Crippen MR) is 79.6 cm³/mol. The van der Waals surface area contributed by atoms with E-state index >= 15 is 0 Å². The Bertz CT molecular complexity index is 683. The molecule has 4 nitrogen and oxygen atoms in total. The SMILES string of the molecule is COC(=O)C1=C(c2ccccc2)C(O)N2C=CC=CC2=C1. The Morgan fingerprint density at radius 3 is 2.71 bits per heavy atom. The van der Waals surface area contributed by atoms with E-state index in [0.717, 1.165) is 11.3 Å². The zero-order valence-corrected chi connectivity index (χ0v) is 11.6. The van der Waals surface area contributed by atoms with Gasteiger partial charge in [-0.25, -0.2) is 4.79 Å². The third-order valence-electron chi connectivity index (χ3n) is 3.52. The summed E-state index contributed by atoms with van der Waals surface area (Å²) < 4.78 is 4.86. The first-order chi connectivity index (χ1) is 10.2. The molecule has 1 N–H and O–H groups in total. The molecule has 0 fully saturated rings. The number of allylic oxidation sites excluding steroid dienone is 3. The maximum absolute atomic E-state index is 12.1. The Kier molecular flexibility index (Phi) is 3.46. The molecule has 0 bridgehead atoms. The number of carbonyl (C=O) groups is 1. The molecule has 106 valence electrons. The van der Waals surface area contributed by atoms with E-state index < -0.39 is 12.2 Å². The van der Waals surface area contributed by atoms with E-state index in [1.807, 2.05) is 48.6 Å². The first-order valence-electron chi connectivity index (χ1n) is 6.63. The number of carbonyl (C=O) groups excluding carboxylic acids is 1. The Morgan fingerprint density at radius 2 is 2.00 bits per heavy atom. The second kappa shape index (κ2) is 5.42. The van der Waals surface area contributed by atoms with Gasteiger partial charge in [0, 0.05) is 17.5 Å². The largest absolute Gasteiger partial charge is 0.465 e. The van der Waals surface area contributed by atoms with Crippen molar-refractivity contribution >= 4 is 11.5 Å². The molecule has 3 rings (SSSR count). The van der Waals surface area contributed by atoms with Gasteiger partial charge in [0.05, 0.1) is 12.7 Å². The van der Waals surface area contributed by atoms with Crippen LogP contribution in [-0.4, -0.2) is 29.3 Å². The van der Waals surface area contributed by atoms with Gasteiger partial charge in [-0.05, 0) is 23.8 Å². The Morgan fingerprint density at radius 1 is 1.24 bits per heavy atom. The van der Waals surface area contributed by atoms with Crippen LogP contribution in [0, 0.1) is 0 Å². The number of benzene rings is 1. The second-order valence-electron chi connectivity index (χ2n) is 4.74. The quantitative estimate of drug-likeness (QED) is 0.844. The number of methoxy groups -OCH3 is 1. The van der Waals surface area contributed by atoms with E-state index in [1.54, 1.807) is 17.2 Å². The summed E-state index contributed by atoms with van der Waals surface area (Å²) in [7, 11) is 1.34. The highest BCUT2D eigenvalue weighted by atomic mass is 16.5. The van der Waals surface area contributed by atoms with Gasteiger partial charge >= 0.3 is 5.97 Å². The van der Waals surface area contributed by atoms with Crippen molar-refractivity contribution in [2.45, 2.75) is 6.23 Å². The number of hydrogen-bond donors (Lipinski definition) is 1. The third kappa shape index (κ3) is 2.30. The number of ether oxygens (including phenoxy) is 1. The molecule has 0 saturated heterocycles. The lowest BCUT2D eigenvalue weighted by molar-refractivity contribution is -0.135. The average Bonchev–Trinajstić information content (AvgIpc) is 2.55. The van der Waals surface area contributed by atoms with E-state index in [2.05, 4.69) is 0 Å². The molecular formula is C17H15NO3. The molecule has 2 aliphatic rings. The molecule has 2 heterocycles. The maximum atomic E-state index is 12.1. The van der Waals surface area contributed by atoms with Crippen LogP contribution >= 0.6 is 0 Å². The van der Waals surface area contributed by atoms with Crippen LogP contribution < -0.4 is 0 Å². The molecule has 0 radical (unpaired) electrons. The van der Waals surface area contributed by atoms with Crippen molar-refractivity contribution in [2.24, 2.45) is 0 Å². The summed E-state index contributed by atoms with van der Waals surface area (Å²) in [6.07, 6.45) is 8.13. The van der Waals surface area contributed by atoms with Gasteiger partial charge in [-0.2, -0.15) is 0 Å². The molecule has 4 heteroatoms. The van der Waals surface area contributed by atoms with E-state index in [-0.39, 0.29) is 0 Å². The van der Waals surface area contributed by atoms with Crippen LogP contribution in [0.15, 0.2) is 72.1 Å². The van der Waals surface area contributed by atoms with Crippen molar-refractivity contribution in [3.8, 4) is 0 Å². The molecule has 0 saturated carbocycles. The molecule has 0 aromatic heterocycles. The summed E-state index contributed by atoms with van der Waals surface area (Å²) in [5.41, 5.74) is 2.47. The van der Waals surface area contributed by atoms with E-state index in [9.17, 15) is 9.90 Å². The Balaban J connectivity index is 2.19. The van der Waals surface area contributed by atoms with Gasteiger partial charge in [-0.3, -0.25) is 0 Å². The molecule has 0 spiro atoms. The van der Waals surface area contributed by atoms with Crippen molar-refractivity contribution in [1.29, 1.82) is 0 Å². The van der Waals surface area contributed by atoms with Crippen LogP contribution in [0.3, 0.4) is 0 Å². The smallest absolute Gasteiger partial charge is 0.338 e. The fraction of sp³-hybridized carbons (Fsp3) is 0.118. The zero-order chi connectivity index (χ0) is 14.8. The number of fused-ring (bicyclic) bond motifs is 1. The summed E-state index contributed by atoms with van der Waals surface area (Å²) in [4.78, 5) is 13.8. The first-order valence-corrected chi connectivity index (χ1v) is 6.63. The summed E-state index contributed by atoms with van der Waals surface area (Å²) in [6, 6.07) is 9.36. The summed E-state index contributed by atoms with van der Waals surface area (Å²) in [5, 5.41) is 10.7. The molecule has 1 atom stereocenters. The van der Waals surface area contributed by atoms with Gasteiger partial charge in [0.15, 0.2) is 6.23 Å². The van der Waals surface area contributed by atoms with Crippen LogP contribution in [0.4, 0.5) is 0 Å². The fourth-order valence-corrected chi connectivity index (χ4v) is 2.52. The zero-order valence-electron chi connectivity index (χ0n) is 11.6. The molecule has 21 heavy (non-hydrogen) atoms.